The minimum atomic E-state index is -0.495. The molecule has 0 fully saturated rings. The summed E-state index contributed by atoms with van der Waals surface area (Å²) in [7, 11) is 0. The molecule has 8 heteroatoms. The molecule has 128 valence electrons. The zero-order chi connectivity index (χ0) is 18.5. The molecule has 1 aliphatic rings. The summed E-state index contributed by atoms with van der Waals surface area (Å²) in [6.45, 7) is 1.47. The lowest BCUT2D eigenvalue weighted by Gasteiger charge is -2.14. The second kappa shape index (κ2) is 6.82. The SMILES string of the molecule is CC(=O)c1ccc(NC2=C(Cl)C(=O)c3c(Cl)c(Cl)c(Cl)c(Cl)c32)cc1. The van der Waals surface area contributed by atoms with Crippen LogP contribution >= 0.6 is 58.0 Å². The first-order chi connectivity index (χ1) is 11.7. The summed E-state index contributed by atoms with van der Waals surface area (Å²) in [6, 6.07) is 6.67. The highest BCUT2D eigenvalue weighted by Gasteiger charge is 2.36. The van der Waals surface area contributed by atoms with Crippen molar-refractivity contribution >= 4 is 81.0 Å². The van der Waals surface area contributed by atoms with Gasteiger partial charge in [0.25, 0.3) is 0 Å². The van der Waals surface area contributed by atoms with E-state index >= 15 is 0 Å². The average molecular weight is 436 g/mol. The van der Waals surface area contributed by atoms with E-state index in [-0.39, 0.29) is 42.2 Å². The van der Waals surface area contributed by atoms with Crippen molar-refractivity contribution in [1.29, 1.82) is 0 Å². The second-order valence-corrected chi connectivity index (χ2v) is 7.17. The number of allylic oxidation sites excluding steroid dienone is 1. The van der Waals surface area contributed by atoms with Crippen molar-refractivity contribution in [3.63, 3.8) is 0 Å². The predicted molar refractivity (Wildman–Crippen MR) is 104 cm³/mol. The summed E-state index contributed by atoms with van der Waals surface area (Å²) in [6.07, 6.45) is 0. The largest absolute Gasteiger partial charge is 0.354 e. The molecule has 2 aromatic rings. The molecule has 0 aliphatic heterocycles. The Morgan fingerprint density at radius 1 is 0.840 bits per heavy atom. The van der Waals surface area contributed by atoms with E-state index < -0.39 is 5.78 Å². The van der Waals surface area contributed by atoms with E-state index in [0.29, 0.717) is 16.8 Å². The van der Waals surface area contributed by atoms with E-state index in [0.717, 1.165) is 0 Å². The molecule has 0 heterocycles. The molecule has 2 aromatic carbocycles. The van der Waals surface area contributed by atoms with Crippen molar-refractivity contribution in [1.82, 2.24) is 0 Å². The summed E-state index contributed by atoms with van der Waals surface area (Å²) in [5.74, 6) is -0.550. The Morgan fingerprint density at radius 2 is 1.36 bits per heavy atom. The van der Waals surface area contributed by atoms with Crippen LogP contribution in [0.2, 0.25) is 20.1 Å². The number of anilines is 1. The third kappa shape index (κ3) is 3.05. The van der Waals surface area contributed by atoms with Gasteiger partial charge in [0.15, 0.2) is 5.78 Å². The number of nitrogens with one attached hydrogen (secondary N) is 1. The van der Waals surface area contributed by atoms with Crippen LogP contribution in [0.4, 0.5) is 5.69 Å². The fraction of sp³-hybridized carbons (Fsp3) is 0.0588. The Bertz CT molecular complexity index is 964. The molecule has 0 saturated heterocycles. The maximum absolute atomic E-state index is 12.5. The molecule has 0 aromatic heterocycles. The van der Waals surface area contributed by atoms with E-state index in [1.165, 1.54) is 6.92 Å². The van der Waals surface area contributed by atoms with Crippen LogP contribution in [-0.2, 0) is 0 Å². The highest BCUT2D eigenvalue weighted by molar-refractivity contribution is 6.58. The van der Waals surface area contributed by atoms with E-state index in [1.807, 2.05) is 0 Å². The highest BCUT2D eigenvalue weighted by Crippen LogP contribution is 2.49. The predicted octanol–water partition coefficient (Wildman–Crippen LogP) is 6.72. The standard InChI is InChI=1S/C17H8Cl5NO2/c1-6(24)7-2-4-8(5-3-7)23-16-9-10(17(25)15(16)22)12(19)14(21)13(20)11(9)18/h2-5,23H,1H3. The van der Waals surface area contributed by atoms with Crippen LogP contribution in [0, 0.1) is 0 Å². The fourth-order valence-electron chi connectivity index (χ4n) is 2.46. The molecule has 0 bridgehead atoms. The summed E-state index contributed by atoms with van der Waals surface area (Å²) < 4.78 is 0. The summed E-state index contributed by atoms with van der Waals surface area (Å²) >= 11 is 30.7. The van der Waals surface area contributed by atoms with Gasteiger partial charge in [-0.2, -0.15) is 0 Å². The van der Waals surface area contributed by atoms with Crippen LogP contribution in [0.1, 0.15) is 33.2 Å². The Kier molecular flexibility index (Phi) is 5.06. The van der Waals surface area contributed by atoms with E-state index in [4.69, 9.17) is 58.0 Å². The van der Waals surface area contributed by atoms with Gasteiger partial charge in [0, 0.05) is 16.8 Å². The van der Waals surface area contributed by atoms with Gasteiger partial charge in [-0.3, -0.25) is 9.59 Å². The molecular formula is C17H8Cl5NO2. The van der Waals surface area contributed by atoms with Gasteiger partial charge in [-0.05, 0) is 31.2 Å². The molecular weight excluding hydrogens is 427 g/mol. The number of Topliss-reactive ketones (excluding diaryl/α,β-unsaturated/α-hetero) is 2. The van der Waals surface area contributed by atoms with Gasteiger partial charge in [-0.25, -0.2) is 0 Å². The first-order valence-electron chi connectivity index (χ1n) is 6.92. The van der Waals surface area contributed by atoms with Crippen LogP contribution in [0.25, 0.3) is 5.70 Å². The van der Waals surface area contributed by atoms with Crippen LogP contribution in [-0.4, -0.2) is 11.6 Å². The van der Waals surface area contributed by atoms with Gasteiger partial charge in [0.05, 0.1) is 31.4 Å². The molecule has 25 heavy (non-hydrogen) atoms. The van der Waals surface area contributed by atoms with Gasteiger partial charge < -0.3 is 5.32 Å². The van der Waals surface area contributed by atoms with E-state index in [9.17, 15) is 9.59 Å². The summed E-state index contributed by atoms with van der Waals surface area (Å²) in [4.78, 5) is 23.8. The van der Waals surface area contributed by atoms with Crippen LogP contribution in [0.5, 0.6) is 0 Å². The van der Waals surface area contributed by atoms with E-state index in [1.54, 1.807) is 24.3 Å². The zero-order valence-electron chi connectivity index (χ0n) is 12.5. The van der Waals surface area contributed by atoms with Gasteiger partial charge in [0.1, 0.15) is 5.03 Å². The third-order valence-electron chi connectivity index (χ3n) is 3.72. The van der Waals surface area contributed by atoms with E-state index in [2.05, 4.69) is 5.32 Å². The van der Waals surface area contributed by atoms with Crippen LogP contribution in [0.3, 0.4) is 0 Å². The average Bonchev–Trinajstić information content (AvgIpc) is 2.83. The number of carbonyl (C=O) groups excluding carboxylic acids is 2. The van der Waals surface area contributed by atoms with Gasteiger partial charge >= 0.3 is 0 Å². The normalized spacial score (nSPS) is 13.3. The third-order valence-corrected chi connectivity index (χ3v) is 5.89. The number of fused-ring (bicyclic) bond motifs is 1. The Balaban J connectivity index is 2.10. The van der Waals surface area contributed by atoms with Crippen LogP contribution in [0.15, 0.2) is 29.3 Å². The molecule has 0 unspecified atom stereocenters. The summed E-state index contributed by atoms with van der Waals surface area (Å²) in [5.41, 5.74) is 1.85. The molecule has 3 nitrogen and oxygen atoms in total. The molecule has 1 N–H and O–H groups in total. The van der Waals surface area contributed by atoms with Gasteiger partial charge in [-0.1, -0.05) is 58.0 Å². The van der Waals surface area contributed by atoms with Crippen molar-refractivity contribution in [2.24, 2.45) is 0 Å². The molecule has 0 spiro atoms. The van der Waals surface area contributed by atoms with Crippen molar-refractivity contribution in [2.75, 3.05) is 5.32 Å². The number of hydrogen-bond acceptors (Lipinski definition) is 3. The molecule has 3 rings (SSSR count). The Labute approximate surface area is 168 Å². The smallest absolute Gasteiger partial charge is 0.208 e. The maximum Gasteiger partial charge on any atom is 0.208 e. The summed E-state index contributed by atoms with van der Waals surface area (Å²) in [5, 5.41) is 3.07. The lowest BCUT2D eigenvalue weighted by Crippen LogP contribution is -2.01. The maximum atomic E-state index is 12.5. The van der Waals surface area contributed by atoms with Crippen molar-refractivity contribution < 1.29 is 9.59 Å². The lowest BCUT2D eigenvalue weighted by atomic mass is 10.1. The number of ketones is 2. The first kappa shape index (κ1) is 18.6. The van der Waals surface area contributed by atoms with Gasteiger partial charge in [0.2, 0.25) is 5.78 Å². The minimum Gasteiger partial charge on any atom is -0.354 e. The topological polar surface area (TPSA) is 46.2 Å². The number of rotatable bonds is 3. The first-order valence-corrected chi connectivity index (χ1v) is 8.81. The second-order valence-electron chi connectivity index (χ2n) is 5.28. The Hall–Kier alpha value is -1.23. The Morgan fingerprint density at radius 3 is 1.88 bits per heavy atom. The number of halogens is 5. The van der Waals surface area contributed by atoms with Crippen molar-refractivity contribution in [2.45, 2.75) is 6.92 Å². The van der Waals surface area contributed by atoms with Crippen LogP contribution < -0.4 is 5.32 Å². The number of hydrogen-bond donors (Lipinski definition) is 1. The lowest BCUT2D eigenvalue weighted by molar-refractivity contribution is 0.101. The molecule has 0 atom stereocenters. The molecule has 0 amide bonds. The fourth-order valence-corrected chi connectivity index (χ4v) is 3.73. The molecule has 0 radical (unpaired) electrons. The number of carbonyl (C=O) groups is 2. The zero-order valence-corrected chi connectivity index (χ0v) is 16.3. The number of benzene rings is 2. The van der Waals surface area contributed by atoms with Gasteiger partial charge in [-0.15, -0.1) is 0 Å². The quantitative estimate of drug-likeness (QED) is 0.331. The highest BCUT2D eigenvalue weighted by atomic mass is 35.5. The monoisotopic (exact) mass is 433 g/mol. The molecule has 1 aliphatic carbocycles. The minimum absolute atomic E-state index is 0.00190. The molecule has 0 saturated carbocycles. The van der Waals surface area contributed by atoms with Crippen molar-refractivity contribution in [3.05, 3.63) is 66.1 Å². The van der Waals surface area contributed by atoms with Crippen molar-refractivity contribution in [3.8, 4) is 0 Å².